The highest BCUT2D eigenvalue weighted by atomic mass is 19.4. The lowest BCUT2D eigenvalue weighted by atomic mass is 9.97. The monoisotopic (exact) mass is 418 g/mol. The quantitative estimate of drug-likeness (QED) is 0.703. The minimum Gasteiger partial charge on any atom is -0.420 e. The van der Waals surface area contributed by atoms with Gasteiger partial charge in [-0.1, -0.05) is 0 Å². The third kappa shape index (κ3) is 4.12. The summed E-state index contributed by atoms with van der Waals surface area (Å²) in [6.45, 7) is 0.932. The van der Waals surface area contributed by atoms with E-state index in [0.29, 0.717) is 30.1 Å². The van der Waals surface area contributed by atoms with Crippen LogP contribution in [0, 0.1) is 0 Å². The van der Waals surface area contributed by atoms with E-state index in [1.807, 2.05) is 0 Å². The molecule has 30 heavy (non-hydrogen) atoms. The minimum atomic E-state index is -4.41. The molecule has 1 unspecified atom stereocenters. The van der Waals surface area contributed by atoms with Crippen molar-refractivity contribution in [3.8, 4) is 11.5 Å². The second-order valence-corrected chi connectivity index (χ2v) is 7.05. The van der Waals surface area contributed by atoms with Crippen molar-refractivity contribution in [2.24, 2.45) is 0 Å². The van der Waals surface area contributed by atoms with Gasteiger partial charge < -0.3 is 14.3 Å². The Kier molecular flexibility index (Phi) is 5.15. The number of benzene rings is 1. The average molecular weight is 418 g/mol. The predicted octanol–water partition coefficient (Wildman–Crippen LogP) is 3.46. The molecule has 1 aromatic carbocycles. The molecule has 0 saturated carbocycles. The van der Waals surface area contributed by atoms with Gasteiger partial charge in [0.1, 0.15) is 0 Å². The number of aromatic nitrogens is 3. The molecule has 0 aliphatic carbocycles. The normalized spacial score (nSPS) is 17.2. The maximum atomic E-state index is 12.7. The maximum absolute atomic E-state index is 12.7. The van der Waals surface area contributed by atoms with Gasteiger partial charge in [0.05, 0.1) is 17.0 Å². The molecule has 0 spiro atoms. The maximum Gasteiger partial charge on any atom is 0.416 e. The van der Waals surface area contributed by atoms with Gasteiger partial charge in [-0.2, -0.15) is 13.2 Å². The van der Waals surface area contributed by atoms with Crippen LogP contribution in [0.25, 0.3) is 11.5 Å². The molecule has 1 atom stereocenters. The number of pyridine rings is 1. The van der Waals surface area contributed by atoms with Crippen molar-refractivity contribution < 1.29 is 22.4 Å². The minimum absolute atomic E-state index is 0.128. The van der Waals surface area contributed by atoms with Gasteiger partial charge in [0, 0.05) is 30.9 Å². The van der Waals surface area contributed by atoms with E-state index in [4.69, 9.17) is 4.42 Å². The highest BCUT2D eigenvalue weighted by Crippen LogP contribution is 2.32. The zero-order chi connectivity index (χ0) is 21.3. The van der Waals surface area contributed by atoms with Gasteiger partial charge in [0.15, 0.2) is 0 Å². The summed E-state index contributed by atoms with van der Waals surface area (Å²) in [4.78, 5) is 28.0. The summed E-state index contributed by atoms with van der Waals surface area (Å²) in [6.07, 6.45) is -1.56. The van der Waals surface area contributed by atoms with E-state index >= 15 is 0 Å². The number of alkyl halides is 3. The Morgan fingerprint density at radius 1 is 1.13 bits per heavy atom. The van der Waals surface area contributed by atoms with Crippen LogP contribution in [0.5, 0.6) is 0 Å². The van der Waals surface area contributed by atoms with Crippen LogP contribution in [-0.2, 0) is 6.18 Å². The smallest absolute Gasteiger partial charge is 0.416 e. The molecule has 1 fully saturated rings. The van der Waals surface area contributed by atoms with Crippen LogP contribution >= 0.6 is 0 Å². The molecule has 7 nitrogen and oxygen atoms in total. The molecule has 156 valence electrons. The molecule has 0 bridgehead atoms. The fourth-order valence-electron chi connectivity index (χ4n) is 3.41. The Bertz CT molecular complexity index is 1080. The number of aromatic amines is 1. The van der Waals surface area contributed by atoms with Gasteiger partial charge in [-0.05, 0) is 43.2 Å². The summed E-state index contributed by atoms with van der Waals surface area (Å²) in [5.74, 6) is 0.0752. The van der Waals surface area contributed by atoms with Crippen molar-refractivity contribution in [1.29, 1.82) is 0 Å². The molecule has 1 N–H and O–H groups in total. The Labute approximate surface area is 168 Å². The standard InChI is InChI=1S/C20H17F3N4O3/c21-20(22,23)15-6-3-12(4-7-15)17-25-26-18(30-17)14-2-1-9-27(11-14)19(29)13-5-8-16(28)24-10-13/h3-8,10,14H,1-2,9,11H2,(H,24,28). The molecule has 2 aromatic heterocycles. The Morgan fingerprint density at radius 2 is 1.90 bits per heavy atom. The van der Waals surface area contributed by atoms with E-state index < -0.39 is 11.7 Å². The number of carbonyl (C=O) groups is 1. The van der Waals surface area contributed by atoms with Crippen LogP contribution in [0.1, 0.15) is 40.6 Å². The Morgan fingerprint density at radius 3 is 2.57 bits per heavy atom. The summed E-state index contributed by atoms with van der Waals surface area (Å²) in [5, 5.41) is 7.99. The molecule has 1 saturated heterocycles. The number of hydrogen-bond donors (Lipinski definition) is 1. The second-order valence-electron chi connectivity index (χ2n) is 7.05. The molecular weight excluding hydrogens is 401 g/mol. The number of amides is 1. The van der Waals surface area contributed by atoms with Crippen molar-refractivity contribution in [2.75, 3.05) is 13.1 Å². The van der Waals surface area contributed by atoms with Crippen molar-refractivity contribution in [1.82, 2.24) is 20.1 Å². The van der Waals surface area contributed by atoms with E-state index in [1.165, 1.54) is 30.5 Å². The SMILES string of the molecule is O=C(c1ccc(=O)[nH]c1)N1CCCC(c2nnc(-c3ccc(C(F)(F)F)cc3)o2)C1. The molecule has 4 rings (SSSR count). The molecule has 10 heteroatoms. The number of halogens is 3. The first-order valence-electron chi connectivity index (χ1n) is 9.30. The van der Waals surface area contributed by atoms with E-state index in [9.17, 15) is 22.8 Å². The Balaban J connectivity index is 1.48. The van der Waals surface area contributed by atoms with Gasteiger partial charge >= 0.3 is 6.18 Å². The lowest BCUT2D eigenvalue weighted by molar-refractivity contribution is -0.137. The molecule has 1 aliphatic rings. The number of nitrogens with zero attached hydrogens (tertiary/aromatic N) is 3. The van der Waals surface area contributed by atoms with Crippen LogP contribution < -0.4 is 5.56 Å². The summed E-state index contributed by atoms with van der Waals surface area (Å²) < 4.78 is 43.8. The Hall–Kier alpha value is -3.43. The third-order valence-corrected chi connectivity index (χ3v) is 4.99. The fraction of sp³-hybridized carbons (Fsp3) is 0.300. The highest BCUT2D eigenvalue weighted by molar-refractivity contribution is 5.93. The van der Waals surface area contributed by atoms with Gasteiger partial charge in [-0.15, -0.1) is 10.2 Å². The zero-order valence-corrected chi connectivity index (χ0v) is 15.6. The van der Waals surface area contributed by atoms with Gasteiger partial charge in [0.2, 0.25) is 17.3 Å². The second kappa shape index (κ2) is 7.77. The van der Waals surface area contributed by atoms with E-state index in [2.05, 4.69) is 15.2 Å². The molecule has 1 aliphatic heterocycles. The van der Waals surface area contributed by atoms with Crippen LogP contribution in [0.4, 0.5) is 13.2 Å². The van der Waals surface area contributed by atoms with E-state index in [0.717, 1.165) is 25.0 Å². The molecular formula is C20H17F3N4O3. The first kappa shape index (κ1) is 19.9. The summed E-state index contributed by atoms with van der Waals surface area (Å²) in [6, 6.07) is 7.26. The zero-order valence-electron chi connectivity index (χ0n) is 15.6. The van der Waals surface area contributed by atoms with E-state index in [-0.39, 0.29) is 23.3 Å². The topological polar surface area (TPSA) is 92.1 Å². The van der Waals surface area contributed by atoms with Crippen LogP contribution in [-0.4, -0.2) is 39.1 Å². The number of carbonyl (C=O) groups excluding carboxylic acids is 1. The highest BCUT2D eigenvalue weighted by Gasteiger charge is 2.31. The fourth-order valence-corrected chi connectivity index (χ4v) is 3.41. The number of piperidine rings is 1. The summed E-state index contributed by atoms with van der Waals surface area (Å²) >= 11 is 0. The first-order chi connectivity index (χ1) is 14.3. The molecule has 1 amide bonds. The van der Waals surface area contributed by atoms with Gasteiger partial charge in [-0.3, -0.25) is 9.59 Å². The van der Waals surface area contributed by atoms with Crippen molar-refractivity contribution in [3.63, 3.8) is 0 Å². The van der Waals surface area contributed by atoms with Gasteiger partial charge in [-0.25, -0.2) is 0 Å². The lowest BCUT2D eigenvalue weighted by Crippen LogP contribution is -2.39. The number of nitrogens with one attached hydrogen (secondary N) is 1. The van der Waals surface area contributed by atoms with Crippen molar-refractivity contribution >= 4 is 5.91 Å². The first-order valence-corrected chi connectivity index (χ1v) is 9.30. The third-order valence-electron chi connectivity index (χ3n) is 4.99. The molecule has 3 heterocycles. The summed E-state index contributed by atoms with van der Waals surface area (Å²) in [7, 11) is 0. The predicted molar refractivity (Wildman–Crippen MR) is 99.7 cm³/mol. The van der Waals surface area contributed by atoms with Gasteiger partial charge in [0.25, 0.3) is 5.91 Å². The number of likely N-dealkylation sites (tertiary alicyclic amines) is 1. The van der Waals surface area contributed by atoms with Crippen molar-refractivity contribution in [3.05, 3.63) is 70.0 Å². The number of rotatable bonds is 3. The van der Waals surface area contributed by atoms with Crippen molar-refractivity contribution in [2.45, 2.75) is 24.9 Å². The lowest BCUT2D eigenvalue weighted by Gasteiger charge is -2.31. The number of H-pyrrole nitrogens is 1. The summed E-state index contributed by atoms with van der Waals surface area (Å²) in [5.41, 5.74) is -0.274. The van der Waals surface area contributed by atoms with Crippen LogP contribution in [0.3, 0.4) is 0 Å². The molecule has 3 aromatic rings. The average Bonchev–Trinajstić information content (AvgIpc) is 3.24. The van der Waals surface area contributed by atoms with E-state index in [1.54, 1.807) is 4.90 Å². The van der Waals surface area contributed by atoms with Crippen LogP contribution in [0.15, 0.2) is 51.8 Å². The van der Waals surface area contributed by atoms with Crippen LogP contribution in [0.2, 0.25) is 0 Å². The molecule has 0 radical (unpaired) electrons. The number of hydrogen-bond acceptors (Lipinski definition) is 5. The largest absolute Gasteiger partial charge is 0.420 e.